The first-order valence-corrected chi connectivity index (χ1v) is 9.28. The van der Waals surface area contributed by atoms with E-state index in [1.54, 1.807) is 0 Å². The number of aromatic nitrogens is 2. The van der Waals surface area contributed by atoms with Gasteiger partial charge in [0.15, 0.2) is 0 Å². The van der Waals surface area contributed by atoms with Crippen molar-refractivity contribution in [3.8, 4) is 0 Å². The normalized spacial score (nSPS) is 23.8. The number of likely N-dealkylation sites (tertiary alicyclic amines) is 1. The number of nitrogens with one attached hydrogen (secondary N) is 1. The molecule has 0 spiro atoms. The van der Waals surface area contributed by atoms with Crippen LogP contribution in [0.25, 0.3) is 0 Å². The van der Waals surface area contributed by atoms with Gasteiger partial charge in [-0.25, -0.2) is 0 Å². The lowest BCUT2D eigenvalue weighted by Gasteiger charge is -2.33. The van der Waals surface area contributed by atoms with Crippen molar-refractivity contribution >= 4 is 5.91 Å². The van der Waals surface area contributed by atoms with E-state index in [4.69, 9.17) is 0 Å². The molecule has 5 nitrogen and oxygen atoms in total. The molecule has 1 aromatic rings. The fourth-order valence-electron chi connectivity index (χ4n) is 3.90. The molecule has 1 aliphatic carbocycles. The van der Waals surface area contributed by atoms with Gasteiger partial charge in [-0.3, -0.25) is 14.4 Å². The molecule has 5 heteroatoms. The van der Waals surface area contributed by atoms with Crippen LogP contribution in [0.1, 0.15) is 57.4 Å². The molecule has 0 aromatic carbocycles. The van der Waals surface area contributed by atoms with Gasteiger partial charge in [0.1, 0.15) is 0 Å². The van der Waals surface area contributed by atoms with Crippen molar-refractivity contribution < 1.29 is 4.79 Å². The van der Waals surface area contributed by atoms with Crippen molar-refractivity contribution in [3.05, 3.63) is 18.0 Å². The fourth-order valence-corrected chi connectivity index (χ4v) is 3.90. The first-order chi connectivity index (χ1) is 11.2. The van der Waals surface area contributed by atoms with E-state index in [0.29, 0.717) is 6.04 Å². The number of piperidine rings is 1. The fraction of sp³-hybridized carbons (Fsp3) is 0.778. The van der Waals surface area contributed by atoms with E-state index >= 15 is 0 Å². The Kier molecular flexibility index (Phi) is 5.70. The van der Waals surface area contributed by atoms with Gasteiger partial charge >= 0.3 is 0 Å². The van der Waals surface area contributed by atoms with Crippen LogP contribution in [0.3, 0.4) is 0 Å². The summed E-state index contributed by atoms with van der Waals surface area (Å²) in [4.78, 5) is 15.0. The molecule has 23 heavy (non-hydrogen) atoms. The molecule has 1 saturated carbocycles. The topological polar surface area (TPSA) is 50.2 Å². The van der Waals surface area contributed by atoms with Crippen molar-refractivity contribution in [2.24, 2.45) is 5.92 Å². The molecular formula is C18H30N4O. The van der Waals surface area contributed by atoms with Crippen LogP contribution in [0, 0.1) is 5.92 Å². The quantitative estimate of drug-likeness (QED) is 0.908. The minimum absolute atomic E-state index is 0.159. The predicted molar refractivity (Wildman–Crippen MR) is 90.9 cm³/mol. The minimum atomic E-state index is 0.159. The molecule has 1 saturated heterocycles. The first kappa shape index (κ1) is 16.5. The summed E-state index contributed by atoms with van der Waals surface area (Å²) in [6, 6.07) is 0.425. The number of carbonyl (C=O) groups excluding carboxylic acids is 1. The van der Waals surface area contributed by atoms with E-state index in [1.807, 2.05) is 10.9 Å². The summed E-state index contributed by atoms with van der Waals surface area (Å²) >= 11 is 0. The third-order valence-electron chi connectivity index (χ3n) is 5.24. The maximum absolute atomic E-state index is 12.6. The molecule has 0 radical (unpaired) electrons. The molecule has 1 amide bonds. The van der Waals surface area contributed by atoms with Crippen molar-refractivity contribution in [2.45, 2.75) is 71.0 Å². The van der Waals surface area contributed by atoms with Crippen molar-refractivity contribution in [1.82, 2.24) is 20.0 Å². The molecule has 1 N–H and O–H groups in total. The van der Waals surface area contributed by atoms with Crippen molar-refractivity contribution in [3.63, 3.8) is 0 Å². The lowest BCUT2D eigenvalue weighted by atomic mass is 9.93. The zero-order valence-electron chi connectivity index (χ0n) is 14.3. The molecule has 2 heterocycles. The Morgan fingerprint density at radius 2 is 2.09 bits per heavy atom. The SMILES string of the molecule is CCn1cc(CN2CCC[C@H](C(=O)NC3CCCCC3)C2)cn1. The summed E-state index contributed by atoms with van der Waals surface area (Å²) in [5, 5.41) is 7.65. The summed E-state index contributed by atoms with van der Waals surface area (Å²) in [6.45, 7) is 5.89. The lowest BCUT2D eigenvalue weighted by molar-refractivity contribution is -0.127. The number of nitrogens with zero attached hydrogens (tertiary/aromatic N) is 3. The third kappa shape index (κ3) is 4.56. The van der Waals surface area contributed by atoms with Crippen LogP contribution >= 0.6 is 0 Å². The maximum atomic E-state index is 12.6. The Balaban J connectivity index is 1.49. The molecule has 2 fully saturated rings. The van der Waals surface area contributed by atoms with Crippen LogP contribution in [0.4, 0.5) is 0 Å². The van der Waals surface area contributed by atoms with Gasteiger partial charge < -0.3 is 5.32 Å². The second-order valence-electron chi connectivity index (χ2n) is 7.12. The molecule has 0 bridgehead atoms. The van der Waals surface area contributed by atoms with E-state index in [1.165, 1.54) is 37.7 Å². The van der Waals surface area contributed by atoms with E-state index in [2.05, 4.69) is 28.4 Å². The van der Waals surface area contributed by atoms with Gasteiger partial charge in [-0.1, -0.05) is 19.3 Å². The highest BCUT2D eigenvalue weighted by Crippen LogP contribution is 2.21. The van der Waals surface area contributed by atoms with Gasteiger partial charge in [-0.2, -0.15) is 5.10 Å². The summed E-state index contributed by atoms with van der Waals surface area (Å²) in [5.74, 6) is 0.442. The number of aryl methyl sites for hydroxylation is 1. The monoisotopic (exact) mass is 318 g/mol. The third-order valence-corrected chi connectivity index (χ3v) is 5.24. The van der Waals surface area contributed by atoms with Crippen LogP contribution in [-0.2, 0) is 17.9 Å². The smallest absolute Gasteiger partial charge is 0.224 e. The minimum Gasteiger partial charge on any atom is -0.353 e. The lowest BCUT2D eigenvalue weighted by Crippen LogP contribution is -2.46. The molecule has 2 aliphatic rings. The molecule has 0 unspecified atom stereocenters. The largest absolute Gasteiger partial charge is 0.353 e. The van der Waals surface area contributed by atoms with Crippen molar-refractivity contribution in [1.29, 1.82) is 0 Å². The highest BCUT2D eigenvalue weighted by Gasteiger charge is 2.27. The molecule has 128 valence electrons. The summed E-state index contributed by atoms with van der Waals surface area (Å²) in [6.07, 6.45) is 12.4. The summed E-state index contributed by atoms with van der Waals surface area (Å²) in [7, 11) is 0. The van der Waals surface area contributed by atoms with Gasteiger partial charge in [0.2, 0.25) is 5.91 Å². The number of carbonyl (C=O) groups is 1. The van der Waals surface area contributed by atoms with Gasteiger partial charge in [0, 0.05) is 37.4 Å². The average molecular weight is 318 g/mol. The van der Waals surface area contributed by atoms with E-state index in [0.717, 1.165) is 39.0 Å². The molecule has 3 rings (SSSR count). The van der Waals surface area contributed by atoms with Gasteiger partial charge in [0.25, 0.3) is 0 Å². The van der Waals surface area contributed by atoms with E-state index in [-0.39, 0.29) is 11.8 Å². The van der Waals surface area contributed by atoms with Gasteiger partial charge in [-0.15, -0.1) is 0 Å². The highest BCUT2D eigenvalue weighted by atomic mass is 16.2. The number of hydrogen-bond acceptors (Lipinski definition) is 3. The maximum Gasteiger partial charge on any atom is 0.224 e. The Bertz CT molecular complexity index is 507. The zero-order chi connectivity index (χ0) is 16.1. The molecule has 1 aliphatic heterocycles. The van der Waals surface area contributed by atoms with E-state index < -0.39 is 0 Å². The average Bonchev–Trinajstić information content (AvgIpc) is 3.03. The van der Waals surface area contributed by atoms with Crippen LogP contribution in [0.5, 0.6) is 0 Å². The second kappa shape index (κ2) is 7.95. The van der Waals surface area contributed by atoms with Crippen LogP contribution in [0.15, 0.2) is 12.4 Å². The zero-order valence-corrected chi connectivity index (χ0v) is 14.3. The molecular weight excluding hydrogens is 288 g/mol. The Hall–Kier alpha value is -1.36. The van der Waals surface area contributed by atoms with Crippen molar-refractivity contribution in [2.75, 3.05) is 13.1 Å². The molecule has 1 atom stereocenters. The van der Waals surface area contributed by atoms with Gasteiger partial charge in [-0.05, 0) is 39.2 Å². The van der Waals surface area contributed by atoms with Crippen LogP contribution in [0.2, 0.25) is 0 Å². The number of hydrogen-bond donors (Lipinski definition) is 1. The predicted octanol–water partition coefficient (Wildman–Crippen LogP) is 2.56. The standard InChI is InChI=1S/C18H30N4O/c1-2-22-13-15(11-19-22)12-21-10-6-7-16(14-21)18(23)20-17-8-4-3-5-9-17/h11,13,16-17H,2-10,12,14H2,1H3,(H,20,23)/t16-/m0/s1. The summed E-state index contributed by atoms with van der Waals surface area (Å²) in [5.41, 5.74) is 1.25. The Labute approximate surface area is 139 Å². The Morgan fingerprint density at radius 1 is 1.26 bits per heavy atom. The van der Waals surface area contributed by atoms with E-state index in [9.17, 15) is 4.79 Å². The second-order valence-corrected chi connectivity index (χ2v) is 7.12. The van der Waals surface area contributed by atoms with Gasteiger partial charge in [0.05, 0.1) is 12.1 Å². The van der Waals surface area contributed by atoms with Crippen LogP contribution < -0.4 is 5.32 Å². The Morgan fingerprint density at radius 3 is 2.83 bits per heavy atom. The molecule has 1 aromatic heterocycles. The van der Waals surface area contributed by atoms with Crippen LogP contribution in [-0.4, -0.2) is 39.7 Å². The summed E-state index contributed by atoms with van der Waals surface area (Å²) < 4.78 is 1.96. The number of amides is 1. The highest BCUT2D eigenvalue weighted by molar-refractivity contribution is 5.79. The number of rotatable bonds is 5. The first-order valence-electron chi connectivity index (χ1n) is 9.28.